The van der Waals surface area contributed by atoms with E-state index >= 15 is 0 Å². The summed E-state index contributed by atoms with van der Waals surface area (Å²) in [6, 6.07) is 0. The number of carbonyl (C=O) groups is 1. The lowest BCUT2D eigenvalue weighted by Gasteiger charge is -2.02. The van der Waals surface area contributed by atoms with Gasteiger partial charge < -0.3 is 11.5 Å². The zero-order valence-electron chi connectivity index (χ0n) is 7.96. The van der Waals surface area contributed by atoms with E-state index in [0.29, 0.717) is 5.82 Å². The lowest BCUT2D eigenvalue weighted by molar-refractivity contribution is 0.100. The van der Waals surface area contributed by atoms with Crippen LogP contribution in [0.25, 0.3) is 5.82 Å². The van der Waals surface area contributed by atoms with Crippen molar-refractivity contribution < 1.29 is 4.79 Å². The molecule has 0 atom stereocenters. The summed E-state index contributed by atoms with van der Waals surface area (Å²) < 4.78 is 1.25. The fraction of sp³-hybridized carbons (Fsp3) is 0. The average molecular weight is 239 g/mol. The third-order valence-electron chi connectivity index (χ3n) is 1.90. The lowest BCUT2D eigenvalue weighted by atomic mass is 10.3. The summed E-state index contributed by atoms with van der Waals surface area (Å²) in [6.45, 7) is 0. The Morgan fingerprint density at radius 1 is 1.31 bits per heavy atom. The molecule has 7 nitrogen and oxygen atoms in total. The van der Waals surface area contributed by atoms with Crippen molar-refractivity contribution in [2.75, 3.05) is 5.73 Å². The van der Waals surface area contributed by atoms with Crippen LogP contribution in [-0.4, -0.2) is 25.7 Å². The highest BCUT2D eigenvalue weighted by atomic mass is 35.5. The van der Waals surface area contributed by atoms with E-state index in [2.05, 4.69) is 15.1 Å². The van der Waals surface area contributed by atoms with Crippen molar-refractivity contribution in [2.24, 2.45) is 5.73 Å². The number of nitrogens with zero attached hydrogens (tertiary/aromatic N) is 4. The van der Waals surface area contributed by atoms with Crippen molar-refractivity contribution in [3.8, 4) is 5.82 Å². The molecule has 0 bridgehead atoms. The molecule has 0 aliphatic heterocycles. The number of halogens is 1. The number of hydrogen-bond donors (Lipinski definition) is 2. The van der Waals surface area contributed by atoms with Gasteiger partial charge in [-0.15, -0.1) is 0 Å². The summed E-state index contributed by atoms with van der Waals surface area (Å²) in [7, 11) is 0. The minimum Gasteiger partial charge on any atom is -0.383 e. The molecule has 2 rings (SSSR count). The molecule has 0 saturated carbocycles. The van der Waals surface area contributed by atoms with Gasteiger partial charge in [-0.25, -0.2) is 9.97 Å². The first kappa shape index (κ1) is 10.4. The van der Waals surface area contributed by atoms with Gasteiger partial charge in [-0.05, 0) is 0 Å². The fourth-order valence-electron chi connectivity index (χ4n) is 1.15. The molecule has 0 aliphatic rings. The van der Waals surface area contributed by atoms with Gasteiger partial charge in [0.2, 0.25) is 0 Å². The summed E-state index contributed by atoms with van der Waals surface area (Å²) in [5.74, 6) is -0.177. The molecule has 2 aromatic rings. The van der Waals surface area contributed by atoms with Crippen molar-refractivity contribution in [3.05, 3.63) is 29.3 Å². The first-order chi connectivity index (χ1) is 7.59. The number of hydrogen-bond acceptors (Lipinski definition) is 5. The highest BCUT2D eigenvalue weighted by molar-refractivity contribution is 6.29. The van der Waals surface area contributed by atoms with E-state index in [-0.39, 0.29) is 16.5 Å². The van der Waals surface area contributed by atoms with Crippen LogP contribution in [0.5, 0.6) is 0 Å². The Labute approximate surface area is 95.0 Å². The lowest BCUT2D eigenvalue weighted by Crippen LogP contribution is -2.13. The second-order valence-electron chi connectivity index (χ2n) is 2.92. The zero-order chi connectivity index (χ0) is 11.7. The molecule has 0 aliphatic carbocycles. The monoisotopic (exact) mass is 238 g/mol. The molecule has 0 aromatic carbocycles. The molecule has 82 valence electrons. The van der Waals surface area contributed by atoms with E-state index in [1.165, 1.54) is 23.3 Å². The summed E-state index contributed by atoms with van der Waals surface area (Å²) in [6.07, 6.45) is 4.01. The van der Waals surface area contributed by atoms with Crippen LogP contribution in [0.15, 0.2) is 18.6 Å². The zero-order valence-corrected chi connectivity index (χ0v) is 8.72. The van der Waals surface area contributed by atoms with Crippen LogP contribution in [-0.2, 0) is 0 Å². The van der Waals surface area contributed by atoms with Crippen LogP contribution in [0.3, 0.4) is 0 Å². The highest BCUT2D eigenvalue weighted by Gasteiger charge is 2.13. The van der Waals surface area contributed by atoms with Crippen LogP contribution in [0.4, 0.5) is 5.82 Å². The SMILES string of the molecule is NC(=O)c1cnn(-c2cnc(Cl)cn2)c1N. The number of rotatable bonds is 2. The van der Waals surface area contributed by atoms with Crippen molar-refractivity contribution in [1.29, 1.82) is 0 Å². The van der Waals surface area contributed by atoms with Gasteiger partial charge in [-0.2, -0.15) is 9.78 Å². The van der Waals surface area contributed by atoms with Crippen LogP contribution in [0, 0.1) is 0 Å². The number of aromatic nitrogens is 4. The number of nitrogens with two attached hydrogens (primary N) is 2. The highest BCUT2D eigenvalue weighted by Crippen LogP contribution is 2.14. The molecular weight excluding hydrogens is 232 g/mol. The smallest absolute Gasteiger partial charge is 0.254 e. The Bertz CT molecular complexity index is 534. The Morgan fingerprint density at radius 3 is 2.56 bits per heavy atom. The van der Waals surface area contributed by atoms with E-state index in [1.54, 1.807) is 0 Å². The maximum atomic E-state index is 11.0. The van der Waals surface area contributed by atoms with Gasteiger partial charge in [-0.1, -0.05) is 11.6 Å². The standard InChI is InChI=1S/C8H7ClN6O/c9-5-2-13-6(3-12-5)15-7(10)4(1-14-15)8(11)16/h1-3H,10H2,(H2,11,16). The average Bonchev–Trinajstić information content (AvgIpc) is 2.61. The molecule has 0 radical (unpaired) electrons. The molecule has 2 aromatic heterocycles. The Morgan fingerprint density at radius 2 is 2.06 bits per heavy atom. The Hall–Kier alpha value is -2.15. The summed E-state index contributed by atoms with van der Waals surface area (Å²) >= 11 is 5.59. The van der Waals surface area contributed by atoms with Gasteiger partial charge in [0, 0.05) is 0 Å². The predicted molar refractivity (Wildman–Crippen MR) is 57.1 cm³/mol. The van der Waals surface area contributed by atoms with E-state index in [0.717, 1.165) is 0 Å². The molecule has 2 heterocycles. The molecule has 0 fully saturated rings. The maximum Gasteiger partial charge on any atom is 0.254 e. The molecule has 16 heavy (non-hydrogen) atoms. The topological polar surface area (TPSA) is 113 Å². The van der Waals surface area contributed by atoms with Crippen LogP contribution in [0.1, 0.15) is 10.4 Å². The third-order valence-corrected chi connectivity index (χ3v) is 2.09. The van der Waals surface area contributed by atoms with Gasteiger partial charge in [0.1, 0.15) is 16.5 Å². The molecule has 4 N–H and O–H groups in total. The second-order valence-corrected chi connectivity index (χ2v) is 3.30. The first-order valence-corrected chi connectivity index (χ1v) is 4.58. The normalized spacial score (nSPS) is 10.3. The van der Waals surface area contributed by atoms with E-state index in [1.807, 2.05) is 0 Å². The van der Waals surface area contributed by atoms with Crippen molar-refractivity contribution >= 4 is 23.3 Å². The number of amides is 1. The minimum absolute atomic E-state index is 0.115. The van der Waals surface area contributed by atoms with Crippen LogP contribution >= 0.6 is 11.6 Å². The van der Waals surface area contributed by atoms with E-state index in [9.17, 15) is 4.79 Å². The second kappa shape index (κ2) is 3.78. The van der Waals surface area contributed by atoms with Crippen LogP contribution in [0.2, 0.25) is 5.15 Å². The van der Waals surface area contributed by atoms with Crippen LogP contribution < -0.4 is 11.5 Å². The summed E-state index contributed by atoms with van der Waals surface area (Å²) in [4.78, 5) is 18.7. The molecule has 0 unspecified atom stereocenters. The van der Waals surface area contributed by atoms with Gasteiger partial charge in [0.25, 0.3) is 5.91 Å². The van der Waals surface area contributed by atoms with Crippen molar-refractivity contribution in [3.63, 3.8) is 0 Å². The van der Waals surface area contributed by atoms with Gasteiger partial charge in [0.15, 0.2) is 5.82 Å². The molecular formula is C8H7ClN6O. The van der Waals surface area contributed by atoms with E-state index < -0.39 is 5.91 Å². The van der Waals surface area contributed by atoms with Gasteiger partial charge in [0.05, 0.1) is 18.6 Å². The number of nitrogen functional groups attached to an aromatic ring is 1. The summed E-state index contributed by atoms with van der Waals surface area (Å²) in [5, 5.41) is 4.14. The van der Waals surface area contributed by atoms with Crippen molar-refractivity contribution in [2.45, 2.75) is 0 Å². The number of primary amides is 1. The molecule has 8 heteroatoms. The Kier molecular flexibility index (Phi) is 2.45. The first-order valence-electron chi connectivity index (χ1n) is 4.21. The maximum absolute atomic E-state index is 11.0. The quantitative estimate of drug-likeness (QED) is 0.764. The molecule has 1 amide bonds. The summed E-state index contributed by atoms with van der Waals surface area (Å²) in [5.41, 5.74) is 10.9. The predicted octanol–water partition coefficient (Wildman–Crippen LogP) is -0.00320. The van der Waals surface area contributed by atoms with Gasteiger partial charge in [-0.3, -0.25) is 4.79 Å². The van der Waals surface area contributed by atoms with Gasteiger partial charge >= 0.3 is 0 Å². The fourth-order valence-corrected chi connectivity index (χ4v) is 1.24. The third kappa shape index (κ3) is 1.68. The largest absolute Gasteiger partial charge is 0.383 e. The Balaban J connectivity index is 2.49. The van der Waals surface area contributed by atoms with Crippen molar-refractivity contribution in [1.82, 2.24) is 19.7 Å². The minimum atomic E-state index is -0.648. The molecule has 0 saturated heterocycles. The number of anilines is 1. The molecule has 0 spiro atoms. The van der Waals surface area contributed by atoms with E-state index in [4.69, 9.17) is 23.1 Å². The number of carbonyl (C=O) groups excluding carboxylic acids is 1.